The summed E-state index contributed by atoms with van der Waals surface area (Å²) in [5.74, 6) is 0. The van der Waals surface area contributed by atoms with Gasteiger partial charge in [0.1, 0.15) is 0 Å². The molecule has 3 rings (SSSR count). The molecule has 1 unspecified atom stereocenters. The van der Waals surface area contributed by atoms with Crippen LogP contribution < -0.4 is 10.6 Å². The largest absolute Gasteiger partial charge is 0.388 e. The second-order valence-corrected chi connectivity index (χ2v) is 5.74. The van der Waals surface area contributed by atoms with Crippen molar-refractivity contribution < 1.29 is 9.90 Å². The van der Waals surface area contributed by atoms with Crippen LogP contribution in [0.3, 0.4) is 0 Å². The highest BCUT2D eigenvalue weighted by Crippen LogP contribution is 2.22. The fourth-order valence-electron chi connectivity index (χ4n) is 3.28. The van der Waals surface area contributed by atoms with E-state index in [-0.39, 0.29) is 12.1 Å². The maximum absolute atomic E-state index is 11.5. The SMILES string of the molecule is O=C1NCC2CN(CC3(O)CCNCC3)CCN12. The Balaban J connectivity index is 1.56. The van der Waals surface area contributed by atoms with Crippen molar-refractivity contribution in [3.63, 3.8) is 0 Å². The normalized spacial score (nSPS) is 32.2. The number of hydrogen-bond donors (Lipinski definition) is 3. The molecule has 1 atom stereocenters. The molecule has 102 valence electrons. The van der Waals surface area contributed by atoms with Crippen molar-refractivity contribution in [3.8, 4) is 0 Å². The molecule has 0 aromatic heterocycles. The number of aliphatic hydroxyl groups is 1. The van der Waals surface area contributed by atoms with Gasteiger partial charge in [-0.1, -0.05) is 0 Å². The topological polar surface area (TPSA) is 67.8 Å². The summed E-state index contributed by atoms with van der Waals surface area (Å²) in [6.07, 6.45) is 1.66. The lowest BCUT2D eigenvalue weighted by Gasteiger charge is -2.42. The van der Waals surface area contributed by atoms with Crippen LogP contribution in [-0.2, 0) is 0 Å². The number of β-amino-alcohol motifs (C(OH)–C–C–N with tert-alkyl or cyclic N) is 1. The molecule has 3 aliphatic heterocycles. The summed E-state index contributed by atoms with van der Waals surface area (Å²) in [6.45, 7) is 5.83. The highest BCUT2D eigenvalue weighted by molar-refractivity contribution is 5.77. The lowest BCUT2D eigenvalue weighted by atomic mass is 9.91. The third-order valence-electron chi connectivity index (χ3n) is 4.37. The number of fused-ring (bicyclic) bond motifs is 1. The van der Waals surface area contributed by atoms with Crippen molar-refractivity contribution in [1.82, 2.24) is 20.4 Å². The molecule has 3 N–H and O–H groups in total. The van der Waals surface area contributed by atoms with Crippen molar-refractivity contribution >= 4 is 6.03 Å². The van der Waals surface area contributed by atoms with E-state index < -0.39 is 5.60 Å². The zero-order valence-electron chi connectivity index (χ0n) is 10.7. The molecule has 6 heteroatoms. The quantitative estimate of drug-likeness (QED) is 0.580. The molecular weight excluding hydrogens is 232 g/mol. The van der Waals surface area contributed by atoms with E-state index in [9.17, 15) is 9.90 Å². The maximum atomic E-state index is 11.5. The Kier molecular flexibility index (Phi) is 3.17. The van der Waals surface area contributed by atoms with Gasteiger partial charge in [-0.05, 0) is 25.9 Å². The van der Waals surface area contributed by atoms with Gasteiger partial charge in [0.05, 0.1) is 11.6 Å². The molecule has 0 aromatic rings. The fraction of sp³-hybridized carbons (Fsp3) is 0.917. The molecular formula is C12H22N4O2. The molecule has 3 saturated heterocycles. The molecule has 0 saturated carbocycles. The molecule has 3 aliphatic rings. The molecule has 0 aromatic carbocycles. The predicted octanol–water partition coefficient (Wildman–Crippen LogP) is -1.19. The summed E-state index contributed by atoms with van der Waals surface area (Å²) in [6, 6.07) is 0.358. The fourth-order valence-corrected chi connectivity index (χ4v) is 3.28. The van der Waals surface area contributed by atoms with E-state index in [1.807, 2.05) is 4.90 Å². The average molecular weight is 254 g/mol. The predicted molar refractivity (Wildman–Crippen MR) is 67.4 cm³/mol. The molecule has 0 aliphatic carbocycles. The monoisotopic (exact) mass is 254 g/mol. The van der Waals surface area contributed by atoms with Crippen LogP contribution in [-0.4, -0.2) is 78.4 Å². The first-order valence-corrected chi connectivity index (χ1v) is 6.86. The van der Waals surface area contributed by atoms with Crippen LogP contribution in [0.25, 0.3) is 0 Å². The van der Waals surface area contributed by atoms with Crippen LogP contribution in [0.5, 0.6) is 0 Å². The highest BCUT2D eigenvalue weighted by Gasteiger charge is 2.38. The van der Waals surface area contributed by atoms with Gasteiger partial charge in [0.15, 0.2) is 0 Å². The standard InChI is InChI=1S/C12H22N4O2/c17-11-14-7-10-8-15(5-6-16(10)11)9-12(18)1-3-13-4-2-12/h10,13,18H,1-9H2,(H,14,17). The van der Waals surface area contributed by atoms with Crippen molar-refractivity contribution in [3.05, 3.63) is 0 Å². The number of carbonyl (C=O) groups is 1. The highest BCUT2D eigenvalue weighted by atomic mass is 16.3. The third kappa shape index (κ3) is 2.32. The number of rotatable bonds is 2. The summed E-state index contributed by atoms with van der Waals surface area (Å²) in [5, 5.41) is 16.7. The van der Waals surface area contributed by atoms with Crippen LogP contribution in [0.2, 0.25) is 0 Å². The third-order valence-corrected chi connectivity index (χ3v) is 4.37. The average Bonchev–Trinajstić information content (AvgIpc) is 2.71. The lowest BCUT2D eigenvalue weighted by Crippen LogP contribution is -2.57. The molecule has 2 amide bonds. The van der Waals surface area contributed by atoms with Gasteiger partial charge in [0, 0.05) is 32.7 Å². The molecule has 0 radical (unpaired) electrons. The summed E-state index contributed by atoms with van der Waals surface area (Å²) in [5.41, 5.74) is -0.538. The van der Waals surface area contributed by atoms with E-state index in [2.05, 4.69) is 15.5 Å². The minimum Gasteiger partial charge on any atom is -0.388 e. The number of carbonyl (C=O) groups excluding carboxylic acids is 1. The smallest absolute Gasteiger partial charge is 0.317 e. The Hall–Kier alpha value is -0.850. The molecule has 0 bridgehead atoms. The van der Waals surface area contributed by atoms with Gasteiger partial charge >= 0.3 is 6.03 Å². The van der Waals surface area contributed by atoms with E-state index in [0.717, 1.165) is 58.7 Å². The van der Waals surface area contributed by atoms with E-state index in [1.54, 1.807) is 0 Å². The van der Waals surface area contributed by atoms with Crippen LogP contribution in [0.15, 0.2) is 0 Å². The van der Waals surface area contributed by atoms with Gasteiger partial charge in [0.25, 0.3) is 0 Å². The zero-order chi connectivity index (χ0) is 12.6. The van der Waals surface area contributed by atoms with E-state index in [1.165, 1.54) is 0 Å². The van der Waals surface area contributed by atoms with E-state index in [0.29, 0.717) is 0 Å². The number of amides is 2. The zero-order valence-corrected chi connectivity index (χ0v) is 10.7. The van der Waals surface area contributed by atoms with Crippen molar-refractivity contribution in [1.29, 1.82) is 0 Å². The summed E-state index contributed by atoms with van der Waals surface area (Å²) in [4.78, 5) is 15.7. The van der Waals surface area contributed by atoms with Crippen LogP contribution in [0.1, 0.15) is 12.8 Å². The van der Waals surface area contributed by atoms with Crippen molar-refractivity contribution in [2.24, 2.45) is 0 Å². The summed E-state index contributed by atoms with van der Waals surface area (Å²) in [7, 11) is 0. The number of hydrogen-bond acceptors (Lipinski definition) is 4. The lowest BCUT2D eigenvalue weighted by molar-refractivity contribution is -0.0321. The first kappa shape index (κ1) is 12.2. The summed E-state index contributed by atoms with van der Waals surface area (Å²) >= 11 is 0. The Morgan fingerprint density at radius 1 is 1.33 bits per heavy atom. The van der Waals surface area contributed by atoms with Crippen LogP contribution >= 0.6 is 0 Å². The van der Waals surface area contributed by atoms with Gasteiger partial charge in [-0.25, -0.2) is 4.79 Å². The molecule has 6 nitrogen and oxygen atoms in total. The number of piperazine rings is 1. The number of nitrogens with zero attached hydrogens (tertiary/aromatic N) is 2. The van der Waals surface area contributed by atoms with Gasteiger partial charge in [0.2, 0.25) is 0 Å². The molecule has 18 heavy (non-hydrogen) atoms. The second-order valence-electron chi connectivity index (χ2n) is 5.74. The molecule has 3 fully saturated rings. The molecule has 0 spiro atoms. The van der Waals surface area contributed by atoms with Gasteiger partial charge in [-0.3, -0.25) is 4.90 Å². The minimum absolute atomic E-state index is 0.0697. The van der Waals surface area contributed by atoms with Gasteiger partial charge in [-0.15, -0.1) is 0 Å². The second kappa shape index (κ2) is 4.68. The number of piperidine rings is 1. The first-order chi connectivity index (χ1) is 8.66. The molecule has 3 heterocycles. The van der Waals surface area contributed by atoms with Gasteiger partial charge in [-0.2, -0.15) is 0 Å². The number of nitrogens with one attached hydrogen (secondary N) is 2. The van der Waals surface area contributed by atoms with Crippen molar-refractivity contribution in [2.75, 3.05) is 45.8 Å². The number of urea groups is 1. The van der Waals surface area contributed by atoms with E-state index >= 15 is 0 Å². The first-order valence-electron chi connectivity index (χ1n) is 6.86. The summed E-state index contributed by atoms with van der Waals surface area (Å²) < 4.78 is 0. The van der Waals surface area contributed by atoms with Crippen LogP contribution in [0.4, 0.5) is 4.79 Å². The Bertz CT molecular complexity index is 330. The Morgan fingerprint density at radius 2 is 2.11 bits per heavy atom. The Morgan fingerprint density at radius 3 is 2.89 bits per heavy atom. The Labute approximate surface area is 107 Å². The van der Waals surface area contributed by atoms with Crippen molar-refractivity contribution in [2.45, 2.75) is 24.5 Å². The minimum atomic E-state index is -0.538. The van der Waals surface area contributed by atoms with Crippen LogP contribution in [0, 0.1) is 0 Å². The van der Waals surface area contributed by atoms with Gasteiger partial charge < -0.3 is 20.6 Å². The maximum Gasteiger partial charge on any atom is 0.317 e. The van der Waals surface area contributed by atoms with E-state index in [4.69, 9.17) is 0 Å².